The maximum atomic E-state index is 9.69. The van der Waals surface area contributed by atoms with Gasteiger partial charge in [-0.15, -0.1) is 0 Å². The molecule has 1 aliphatic rings. The fourth-order valence-electron chi connectivity index (χ4n) is 2.32. The van der Waals surface area contributed by atoms with Crippen LogP contribution >= 0.6 is 0 Å². The van der Waals surface area contributed by atoms with E-state index in [1.807, 2.05) is 19.1 Å². The molecule has 0 saturated carbocycles. The van der Waals surface area contributed by atoms with Gasteiger partial charge in [0.25, 0.3) is 0 Å². The van der Waals surface area contributed by atoms with Gasteiger partial charge in [-0.3, -0.25) is 0 Å². The molecule has 1 aromatic rings. The van der Waals surface area contributed by atoms with Crippen molar-refractivity contribution in [2.24, 2.45) is 5.11 Å². The van der Waals surface area contributed by atoms with Gasteiger partial charge in [-0.1, -0.05) is 0 Å². The minimum Gasteiger partial charge on any atom is -0.397 e. The maximum absolute atomic E-state index is 9.69. The first-order valence-electron chi connectivity index (χ1n) is 5.82. The van der Waals surface area contributed by atoms with Gasteiger partial charge in [0.05, 0.1) is 11.8 Å². The Kier molecular flexibility index (Phi) is 3.28. The topological polar surface area (TPSA) is 85.7 Å². The fraction of sp³-hybridized carbons (Fsp3) is 0.500. The molecule has 92 valence electrons. The zero-order valence-corrected chi connectivity index (χ0v) is 9.98. The van der Waals surface area contributed by atoms with Crippen LogP contribution in [0.4, 0.5) is 17.1 Å². The molecule has 5 nitrogen and oxygen atoms in total. The molecule has 1 fully saturated rings. The Hall–Kier alpha value is -1.62. The number of benzene rings is 1. The Morgan fingerprint density at radius 2 is 2.29 bits per heavy atom. The van der Waals surface area contributed by atoms with Crippen LogP contribution in [0.5, 0.6) is 0 Å². The molecule has 1 unspecified atom stereocenters. The van der Waals surface area contributed by atoms with E-state index in [9.17, 15) is 5.11 Å². The van der Waals surface area contributed by atoms with E-state index < -0.39 is 0 Å². The molecule has 0 aliphatic carbocycles. The van der Waals surface area contributed by atoms with Crippen LogP contribution in [0.1, 0.15) is 18.4 Å². The minimum absolute atomic E-state index is 0.267. The molecule has 0 bridgehead atoms. The molecular weight excluding hydrogens is 216 g/mol. The van der Waals surface area contributed by atoms with Crippen LogP contribution in [0.25, 0.3) is 0 Å². The van der Waals surface area contributed by atoms with Crippen LogP contribution in [0.15, 0.2) is 17.2 Å². The Balaban J connectivity index is 2.33. The third kappa shape index (κ3) is 2.39. The van der Waals surface area contributed by atoms with E-state index in [1.54, 1.807) is 0 Å². The number of aliphatic hydroxyl groups excluding tert-OH is 1. The summed E-state index contributed by atoms with van der Waals surface area (Å²) in [7, 11) is 0. The number of nitrogen functional groups attached to an aromatic ring is 1. The number of rotatable bonds is 2. The number of anilines is 2. The molecule has 5 heteroatoms. The van der Waals surface area contributed by atoms with Gasteiger partial charge in [-0.05, 0) is 37.5 Å². The molecular formula is C12H18N4O. The zero-order chi connectivity index (χ0) is 12.4. The van der Waals surface area contributed by atoms with Crippen molar-refractivity contribution in [1.29, 1.82) is 5.53 Å². The third-order valence-electron chi connectivity index (χ3n) is 3.20. The molecule has 0 spiro atoms. The monoisotopic (exact) mass is 234 g/mol. The Morgan fingerprint density at radius 1 is 1.53 bits per heavy atom. The second kappa shape index (κ2) is 4.71. The number of β-amino-alcohol motifs (C(OH)–C–C–N with tert-alkyl or cyclic N) is 1. The van der Waals surface area contributed by atoms with Crippen LogP contribution < -0.4 is 10.6 Å². The Labute approximate surface area is 101 Å². The summed E-state index contributed by atoms with van der Waals surface area (Å²) in [6.45, 7) is 3.56. The van der Waals surface area contributed by atoms with Crippen LogP contribution in [-0.2, 0) is 0 Å². The summed E-state index contributed by atoms with van der Waals surface area (Å²) in [6.07, 6.45) is 1.58. The number of aliphatic hydroxyl groups is 1. The molecule has 1 saturated heterocycles. The van der Waals surface area contributed by atoms with E-state index in [2.05, 4.69) is 10.0 Å². The van der Waals surface area contributed by atoms with E-state index in [1.165, 1.54) is 0 Å². The number of hydrogen-bond donors (Lipinski definition) is 3. The fourth-order valence-corrected chi connectivity index (χ4v) is 2.32. The first-order chi connectivity index (χ1) is 8.11. The number of nitrogens with two attached hydrogens (primary N) is 1. The summed E-state index contributed by atoms with van der Waals surface area (Å²) < 4.78 is 0. The predicted molar refractivity (Wildman–Crippen MR) is 67.9 cm³/mol. The van der Waals surface area contributed by atoms with Crippen LogP contribution in [-0.4, -0.2) is 24.3 Å². The second-order valence-corrected chi connectivity index (χ2v) is 4.55. The first kappa shape index (κ1) is 11.9. The normalized spacial score (nSPS) is 20.4. The van der Waals surface area contributed by atoms with E-state index in [0.29, 0.717) is 17.9 Å². The predicted octanol–water partition coefficient (Wildman–Crippen LogP) is 2.20. The zero-order valence-electron chi connectivity index (χ0n) is 9.98. The lowest BCUT2D eigenvalue weighted by Crippen LogP contribution is -2.38. The van der Waals surface area contributed by atoms with Crippen molar-refractivity contribution in [1.82, 2.24) is 0 Å². The highest BCUT2D eigenvalue weighted by Crippen LogP contribution is 2.32. The van der Waals surface area contributed by atoms with Crippen LogP contribution in [0.3, 0.4) is 0 Å². The lowest BCUT2D eigenvalue weighted by atomic mass is 10.0. The van der Waals surface area contributed by atoms with Crippen molar-refractivity contribution < 1.29 is 5.11 Å². The smallest absolute Gasteiger partial charge is 0.110 e. The molecule has 0 radical (unpaired) electrons. The van der Waals surface area contributed by atoms with Gasteiger partial charge in [-0.25, -0.2) is 5.53 Å². The molecule has 1 atom stereocenters. The van der Waals surface area contributed by atoms with E-state index >= 15 is 0 Å². The third-order valence-corrected chi connectivity index (χ3v) is 3.20. The standard InChI is InChI=1S/C12H18N4O/c1-8-5-10(13)11(15-14)6-12(8)16-4-2-3-9(17)7-16/h5-6,9,14,17H,2-4,7,13H2,1H3. The highest BCUT2D eigenvalue weighted by atomic mass is 16.3. The van der Waals surface area contributed by atoms with E-state index in [0.717, 1.165) is 30.6 Å². The second-order valence-electron chi connectivity index (χ2n) is 4.55. The number of nitrogens with zero attached hydrogens (tertiary/aromatic N) is 2. The highest BCUT2D eigenvalue weighted by molar-refractivity contribution is 5.72. The largest absolute Gasteiger partial charge is 0.397 e. The summed E-state index contributed by atoms with van der Waals surface area (Å²) in [5.41, 5.74) is 16.0. The van der Waals surface area contributed by atoms with E-state index in [4.69, 9.17) is 11.3 Å². The summed E-state index contributed by atoms with van der Waals surface area (Å²) in [4.78, 5) is 2.14. The quantitative estimate of drug-likeness (QED) is 0.541. The molecule has 0 aromatic heterocycles. The van der Waals surface area contributed by atoms with Crippen molar-refractivity contribution in [3.63, 3.8) is 0 Å². The van der Waals surface area contributed by atoms with Gasteiger partial charge in [0.15, 0.2) is 0 Å². The number of piperidine rings is 1. The van der Waals surface area contributed by atoms with Gasteiger partial charge >= 0.3 is 0 Å². The van der Waals surface area contributed by atoms with Crippen molar-refractivity contribution in [2.75, 3.05) is 23.7 Å². The summed E-state index contributed by atoms with van der Waals surface area (Å²) in [5, 5.41) is 13.1. The Bertz CT molecular complexity index is 433. The molecule has 4 N–H and O–H groups in total. The molecule has 1 heterocycles. The maximum Gasteiger partial charge on any atom is 0.110 e. The van der Waals surface area contributed by atoms with Gasteiger partial charge in [0.2, 0.25) is 0 Å². The van der Waals surface area contributed by atoms with Crippen molar-refractivity contribution in [3.05, 3.63) is 17.7 Å². The Morgan fingerprint density at radius 3 is 2.94 bits per heavy atom. The first-order valence-corrected chi connectivity index (χ1v) is 5.82. The molecule has 2 rings (SSSR count). The van der Waals surface area contributed by atoms with Gasteiger partial charge in [0, 0.05) is 18.8 Å². The molecule has 1 aromatic carbocycles. The van der Waals surface area contributed by atoms with Crippen molar-refractivity contribution in [3.8, 4) is 0 Å². The number of aryl methyl sites for hydroxylation is 1. The van der Waals surface area contributed by atoms with Crippen LogP contribution in [0.2, 0.25) is 0 Å². The summed E-state index contributed by atoms with van der Waals surface area (Å²) in [5.74, 6) is 0. The average Bonchev–Trinajstić information content (AvgIpc) is 2.29. The highest BCUT2D eigenvalue weighted by Gasteiger charge is 2.20. The van der Waals surface area contributed by atoms with Gasteiger partial charge in [-0.2, -0.15) is 5.11 Å². The van der Waals surface area contributed by atoms with Crippen LogP contribution in [0, 0.1) is 12.5 Å². The lowest BCUT2D eigenvalue weighted by molar-refractivity contribution is 0.154. The minimum atomic E-state index is -0.267. The molecule has 0 amide bonds. The van der Waals surface area contributed by atoms with Crippen molar-refractivity contribution in [2.45, 2.75) is 25.9 Å². The van der Waals surface area contributed by atoms with Gasteiger partial charge < -0.3 is 15.7 Å². The van der Waals surface area contributed by atoms with Gasteiger partial charge in [0.1, 0.15) is 5.69 Å². The number of nitrogens with one attached hydrogen (secondary N) is 1. The van der Waals surface area contributed by atoms with E-state index in [-0.39, 0.29) is 6.10 Å². The lowest BCUT2D eigenvalue weighted by Gasteiger charge is -2.33. The number of hydrogen-bond acceptors (Lipinski definition) is 5. The van der Waals surface area contributed by atoms with Crippen molar-refractivity contribution >= 4 is 17.1 Å². The SMILES string of the molecule is Cc1cc(N)c(N=N)cc1N1CCCC(O)C1. The summed E-state index contributed by atoms with van der Waals surface area (Å²) in [6, 6.07) is 3.67. The molecule has 1 aliphatic heterocycles. The summed E-state index contributed by atoms with van der Waals surface area (Å²) >= 11 is 0. The average molecular weight is 234 g/mol. The molecule has 17 heavy (non-hydrogen) atoms.